The maximum Gasteiger partial charge on any atom is 0.160 e. The summed E-state index contributed by atoms with van der Waals surface area (Å²) in [5, 5.41) is 7.38. The van der Waals surface area contributed by atoms with Gasteiger partial charge in [-0.15, -0.1) is 0 Å². The molecule has 0 unspecified atom stereocenters. The Balaban J connectivity index is 1.95. The summed E-state index contributed by atoms with van der Waals surface area (Å²) in [6.45, 7) is 0.759. The second kappa shape index (κ2) is 5.71. The highest BCUT2D eigenvalue weighted by Crippen LogP contribution is 2.27. The molecule has 0 atom stereocenters. The van der Waals surface area contributed by atoms with E-state index in [1.165, 1.54) is 17.7 Å². The first-order valence-corrected chi connectivity index (χ1v) is 6.76. The molecule has 0 spiro atoms. The molecule has 0 aliphatic heterocycles. The summed E-state index contributed by atoms with van der Waals surface area (Å²) in [6, 6.07) is 5.16. The highest BCUT2D eigenvalue weighted by atomic mass is 35.5. The fourth-order valence-corrected chi connectivity index (χ4v) is 2.63. The van der Waals surface area contributed by atoms with Crippen LogP contribution < -0.4 is 5.32 Å². The zero-order valence-corrected chi connectivity index (χ0v) is 11.2. The van der Waals surface area contributed by atoms with Crippen molar-refractivity contribution in [2.45, 2.75) is 6.42 Å². The monoisotopic (exact) mass is 289 g/mol. The van der Waals surface area contributed by atoms with Crippen LogP contribution in [0.1, 0.15) is 5.56 Å². The minimum atomic E-state index is -0.572. The van der Waals surface area contributed by atoms with Crippen LogP contribution in [0.15, 0.2) is 29.0 Å². The fraction of sp³-hybridized carbons (Fsp3) is 0.167. The second-order valence-corrected chi connectivity index (χ2v) is 5.16. The third kappa shape index (κ3) is 3.35. The van der Waals surface area contributed by atoms with E-state index >= 15 is 0 Å². The van der Waals surface area contributed by atoms with E-state index in [1.807, 2.05) is 5.38 Å². The SMILES string of the molecule is Fc1c(Cl)cc(NCCc2ccsc2)cc1Cl. The Labute approximate surface area is 113 Å². The van der Waals surface area contributed by atoms with Crippen molar-refractivity contribution in [1.29, 1.82) is 0 Å². The van der Waals surface area contributed by atoms with Crippen molar-refractivity contribution in [1.82, 2.24) is 0 Å². The molecular weight excluding hydrogens is 280 g/mol. The van der Waals surface area contributed by atoms with Gasteiger partial charge >= 0.3 is 0 Å². The maximum atomic E-state index is 13.2. The maximum absolute atomic E-state index is 13.2. The van der Waals surface area contributed by atoms with Crippen LogP contribution in [0.2, 0.25) is 10.0 Å². The van der Waals surface area contributed by atoms with Gasteiger partial charge in [0.15, 0.2) is 5.82 Å². The van der Waals surface area contributed by atoms with Crippen molar-refractivity contribution in [2.24, 2.45) is 0 Å². The van der Waals surface area contributed by atoms with Gasteiger partial charge < -0.3 is 5.32 Å². The normalized spacial score (nSPS) is 10.5. The van der Waals surface area contributed by atoms with Crippen molar-refractivity contribution in [3.8, 4) is 0 Å². The van der Waals surface area contributed by atoms with Crippen LogP contribution in [0.25, 0.3) is 0 Å². The zero-order valence-electron chi connectivity index (χ0n) is 8.84. The van der Waals surface area contributed by atoms with Gasteiger partial charge in [-0.05, 0) is 40.9 Å². The number of benzene rings is 1. The molecule has 1 aromatic heterocycles. The zero-order chi connectivity index (χ0) is 12.3. The molecule has 1 aromatic carbocycles. The van der Waals surface area contributed by atoms with E-state index in [4.69, 9.17) is 23.2 Å². The lowest BCUT2D eigenvalue weighted by Gasteiger charge is -2.07. The van der Waals surface area contributed by atoms with E-state index in [0.717, 1.165) is 18.7 Å². The predicted molar refractivity (Wildman–Crippen MR) is 72.9 cm³/mol. The minimum Gasteiger partial charge on any atom is -0.385 e. The van der Waals surface area contributed by atoms with Crippen molar-refractivity contribution >= 4 is 40.2 Å². The molecular formula is C12H10Cl2FNS. The largest absolute Gasteiger partial charge is 0.385 e. The van der Waals surface area contributed by atoms with E-state index in [-0.39, 0.29) is 10.0 Å². The topological polar surface area (TPSA) is 12.0 Å². The summed E-state index contributed by atoms with van der Waals surface area (Å²) >= 11 is 13.1. The van der Waals surface area contributed by atoms with E-state index in [1.54, 1.807) is 11.3 Å². The molecule has 1 nitrogen and oxygen atoms in total. The Morgan fingerprint density at radius 2 is 1.94 bits per heavy atom. The third-order valence-corrected chi connectivity index (χ3v) is 3.59. The molecule has 0 fully saturated rings. The van der Waals surface area contributed by atoms with E-state index in [9.17, 15) is 4.39 Å². The van der Waals surface area contributed by atoms with Crippen molar-refractivity contribution in [3.05, 3.63) is 50.4 Å². The Kier molecular flexibility index (Phi) is 4.26. The van der Waals surface area contributed by atoms with Gasteiger partial charge in [0.1, 0.15) is 0 Å². The van der Waals surface area contributed by atoms with Crippen LogP contribution in [0.4, 0.5) is 10.1 Å². The molecule has 0 saturated carbocycles. The first kappa shape index (κ1) is 12.7. The molecule has 2 aromatic rings. The molecule has 0 amide bonds. The first-order valence-electron chi connectivity index (χ1n) is 5.06. The Morgan fingerprint density at radius 1 is 1.24 bits per heavy atom. The first-order chi connectivity index (χ1) is 8.16. The number of hydrogen-bond acceptors (Lipinski definition) is 2. The summed E-state index contributed by atoms with van der Waals surface area (Å²) in [5.41, 5.74) is 2.01. The standard InChI is InChI=1S/C12H10Cl2FNS/c13-10-5-9(6-11(14)12(10)15)16-3-1-8-2-4-17-7-8/h2,4-7,16H,1,3H2. The highest BCUT2D eigenvalue weighted by Gasteiger charge is 2.07. The molecule has 17 heavy (non-hydrogen) atoms. The van der Waals surface area contributed by atoms with E-state index in [2.05, 4.69) is 16.8 Å². The smallest absolute Gasteiger partial charge is 0.160 e. The van der Waals surface area contributed by atoms with E-state index < -0.39 is 5.82 Å². The summed E-state index contributed by atoms with van der Waals surface area (Å²) < 4.78 is 13.2. The minimum absolute atomic E-state index is 0.0375. The van der Waals surface area contributed by atoms with Crippen LogP contribution in [0.5, 0.6) is 0 Å². The van der Waals surface area contributed by atoms with Crippen LogP contribution in [0.3, 0.4) is 0 Å². The van der Waals surface area contributed by atoms with Crippen molar-refractivity contribution in [3.63, 3.8) is 0 Å². The lowest BCUT2D eigenvalue weighted by Crippen LogP contribution is -2.04. The average molecular weight is 290 g/mol. The van der Waals surface area contributed by atoms with Gasteiger partial charge in [0.25, 0.3) is 0 Å². The molecule has 0 bridgehead atoms. The Bertz CT molecular complexity index is 476. The number of halogens is 3. The van der Waals surface area contributed by atoms with Gasteiger partial charge in [0.2, 0.25) is 0 Å². The Morgan fingerprint density at radius 3 is 2.53 bits per heavy atom. The number of rotatable bonds is 4. The molecule has 0 radical (unpaired) electrons. The van der Waals surface area contributed by atoms with Crippen LogP contribution >= 0.6 is 34.5 Å². The second-order valence-electron chi connectivity index (χ2n) is 3.56. The summed E-state index contributed by atoms with van der Waals surface area (Å²) in [7, 11) is 0. The summed E-state index contributed by atoms with van der Waals surface area (Å²) in [6.07, 6.45) is 0.913. The summed E-state index contributed by atoms with van der Waals surface area (Å²) in [5.74, 6) is -0.572. The average Bonchev–Trinajstić information content (AvgIpc) is 2.79. The molecule has 0 aliphatic carbocycles. The number of anilines is 1. The van der Waals surface area contributed by atoms with Gasteiger partial charge in [0.05, 0.1) is 10.0 Å². The molecule has 0 aliphatic rings. The van der Waals surface area contributed by atoms with Gasteiger partial charge in [0, 0.05) is 12.2 Å². The number of nitrogens with one attached hydrogen (secondary N) is 1. The van der Waals surface area contributed by atoms with E-state index in [0.29, 0.717) is 0 Å². The van der Waals surface area contributed by atoms with Crippen molar-refractivity contribution < 1.29 is 4.39 Å². The Hall–Kier alpha value is -0.770. The molecule has 90 valence electrons. The summed E-state index contributed by atoms with van der Waals surface area (Å²) in [4.78, 5) is 0. The fourth-order valence-electron chi connectivity index (χ4n) is 1.44. The highest BCUT2D eigenvalue weighted by molar-refractivity contribution is 7.07. The lowest BCUT2D eigenvalue weighted by atomic mass is 10.2. The quantitative estimate of drug-likeness (QED) is 0.794. The molecule has 5 heteroatoms. The number of hydrogen-bond donors (Lipinski definition) is 1. The van der Waals surface area contributed by atoms with Gasteiger partial charge in [-0.2, -0.15) is 11.3 Å². The van der Waals surface area contributed by atoms with Gasteiger partial charge in [-0.1, -0.05) is 23.2 Å². The molecule has 1 N–H and O–H groups in total. The van der Waals surface area contributed by atoms with Crippen LogP contribution in [-0.4, -0.2) is 6.54 Å². The molecule has 2 rings (SSSR count). The predicted octanol–water partition coefficient (Wildman–Crippen LogP) is 4.85. The van der Waals surface area contributed by atoms with Crippen LogP contribution in [0, 0.1) is 5.82 Å². The van der Waals surface area contributed by atoms with Gasteiger partial charge in [-0.25, -0.2) is 4.39 Å². The lowest BCUT2D eigenvalue weighted by molar-refractivity contribution is 0.629. The number of thiophene rings is 1. The van der Waals surface area contributed by atoms with Gasteiger partial charge in [-0.3, -0.25) is 0 Å². The third-order valence-electron chi connectivity index (χ3n) is 2.31. The van der Waals surface area contributed by atoms with Crippen LogP contribution in [-0.2, 0) is 6.42 Å². The molecule has 0 saturated heterocycles. The van der Waals surface area contributed by atoms with Crippen molar-refractivity contribution in [2.75, 3.05) is 11.9 Å². The molecule has 1 heterocycles.